The summed E-state index contributed by atoms with van der Waals surface area (Å²) in [5.41, 5.74) is 0. The van der Waals surface area contributed by atoms with Crippen molar-refractivity contribution in [1.29, 1.82) is 0 Å². The number of epoxide rings is 1. The first-order valence-electron chi connectivity index (χ1n) is 3.60. The van der Waals surface area contributed by atoms with Crippen molar-refractivity contribution in [1.82, 2.24) is 0 Å². The molecule has 0 aromatic carbocycles. The van der Waals surface area contributed by atoms with Crippen LogP contribution in [0, 0.1) is 0 Å². The largest absolute Gasteiger partial charge is 0.467 e. The van der Waals surface area contributed by atoms with Gasteiger partial charge in [-0.2, -0.15) is 0 Å². The maximum Gasteiger partial charge on any atom is 0.338 e. The molecule has 1 heterocycles. The number of carbonyl (C=O) groups excluding carboxylic acids is 2. The molecule has 0 radical (unpaired) electrons. The molecule has 0 bridgehead atoms. The number of ether oxygens (including phenoxy) is 2. The number of rotatable bonds is 3. The van der Waals surface area contributed by atoms with Gasteiger partial charge < -0.3 is 9.47 Å². The number of esters is 1. The first-order valence-corrected chi connectivity index (χ1v) is 4.59. The molecule has 0 saturated carbocycles. The summed E-state index contributed by atoms with van der Waals surface area (Å²) in [6, 6.07) is 0. The number of methoxy groups -OCH3 is 1. The van der Waals surface area contributed by atoms with Crippen LogP contribution in [0.4, 0.5) is 0 Å². The summed E-state index contributed by atoms with van der Waals surface area (Å²) < 4.78 is 9.25. The van der Waals surface area contributed by atoms with Gasteiger partial charge in [0, 0.05) is 0 Å². The van der Waals surface area contributed by atoms with Gasteiger partial charge in [-0.05, 0) is 5.75 Å². The van der Waals surface area contributed by atoms with Crippen LogP contribution in [-0.2, 0) is 19.1 Å². The Morgan fingerprint density at radius 1 is 1.50 bits per heavy atom. The van der Waals surface area contributed by atoms with E-state index < -0.39 is 18.2 Å². The van der Waals surface area contributed by atoms with Crippen molar-refractivity contribution in [2.24, 2.45) is 0 Å². The average Bonchev–Trinajstić information content (AvgIpc) is 2.82. The quantitative estimate of drug-likeness (QED) is 0.470. The van der Waals surface area contributed by atoms with Gasteiger partial charge in [0.25, 0.3) is 0 Å². The van der Waals surface area contributed by atoms with E-state index in [-0.39, 0.29) is 5.12 Å². The van der Waals surface area contributed by atoms with Gasteiger partial charge in [0.05, 0.1) is 7.11 Å². The predicted molar refractivity (Wildman–Crippen MR) is 43.8 cm³/mol. The summed E-state index contributed by atoms with van der Waals surface area (Å²) in [4.78, 5) is 21.9. The third-order valence-corrected chi connectivity index (χ3v) is 2.25. The molecule has 0 aromatic rings. The second kappa shape index (κ2) is 3.91. The maximum atomic E-state index is 11.1. The van der Waals surface area contributed by atoms with Crippen molar-refractivity contribution in [2.45, 2.75) is 19.1 Å². The molecule has 0 amide bonds. The fourth-order valence-corrected chi connectivity index (χ4v) is 1.44. The van der Waals surface area contributed by atoms with Gasteiger partial charge in [-0.25, -0.2) is 4.79 Å². The monoisotopic (exact) mass is 190 g/mol. The Kier molecular flexibility index (Phi) is 3.11. The molecular formula is C7H10O4S. The third-order valence-electron chi connectivity index (χ3n) is 1.44. The van der Waals surface area contributed by atoms with Crippen molar-refractivity contribution in [3.8, 4) is 0 Å². The molecule has 1 fully saturated rings. The Hall–Kier alpha value is -0.550. The second-order valence-corrected chi connectivity index (χ2v) is 3.52. The van der Waals surface area contributed by atoms with Crippen LogP contribution in [0.15, 0.2) is 0 Å². The molecule has 4 nitrogen and oxygen atoms in total. The molecule has 0 aromatic heterocycles. The average molecular weight is 190 g/mol. The van der Waals surface area contributed by atoms with Crippen LogP contribution in [0.25, 0.3) is 0 Å². The summed E-state index contributed by atoms with van der Waals surface area (Å²) in [6.45, 7) is 1.87. The van der Waals surface area contributed by atoms with Crippen LogP contribution >= 0.6 is 11.8 Å². The number of hydrogen-bond acceptors (Lipinski definition) is 5. The molecule has 5 heteroatoms. The van der Waals surface area contributed by atoms with E-state index in [9.17, 15) is 9.59 Å². The van der Waals surface area contributed by atoms with E-state index in [2.05, 4.69) is 4.74 Å². The molecule has 0 N–H and O–H groups in total. The smallest absolute Gasteiger partial charge is 0.338 e. The molecule has 1 rings (SSSR count). The van der Waals surface area contributed by atoms with Crippen LogP contribution in [0.3, 0.4) is 0 Å². The minimum atomic E-state index is -0.651. The van der Waals surface area contributed by atoms with Crippen LogP contribution < -0.4 is 0 Å². The lowest BCUT2D eigenvalue weighted by Crippen LogP contribution is -2.15. The Labute approximate surface area is 74.6 Å². The lowest BCUT2D eigenvalue weighted by atomic mass is 10.3. The highest BCUT2D eigenvalue weighted by Crippen LogP contribution is 2.28. The summed E-state index contributed by atoms with van der Waals surface area (Å²) >= 11 is 1.16. The molecule has 1 aliphatic heterocycles. The van der Waals surface area contributed by atoms with Crippen LogP contribution in [0.2, 0.25) is 0 Å². The Balaban J connectivity index is 2.32. The summed E-state index contributed by atoms with van der Waals surface area (Å²) in [5, 5.41) is -0.0899. The Bertz CT molecular complexity index is 204. The molecule has 12 heavy (non-hydrogen) atoms. The highest BCUT2D eigenvalue weighted by molar-refractivity contribution is 8.13. The van der Waals surface area contributed by atoms with Crippen LogP contribution in [0.5, 0.6) is 0 Å². The van der Waals surface area contributed by atoms with Gasteiger partial charge in [0.15, 0.2) is 12.2 Å². The van der Waals surface area contributed by atoms with Gasteiger partial charge >= 0.3 is 5.97 Å². The van der Waals surface area contributed by atoms with Crippen molar-refractivity contribution >= 4 is 22.8 Å². The van der Waals surface area contributed by atoms with Gasteiger partial charge in [-0.15, -0.1) is 0 Å². The van der Waals surface area contributed by atoms with Gasteiger partial charge in [-0.1, -0.05) is 18.7 Å². The van der Waals surface area contributed by atoms with E-state index in [1.807, 2.05) is 6.92 Å². The highest BCUT2D eigenvalue weighted by Gasteiger charge is 2.50. The Morgan fingerprint density at radius 2 is 2.17 bits per heavy atom. The third kappa shape index (κ3) is 1.98. The molecule has 1 saturated heterocycles. The highest BCUT2D eigenvalue weighted by atomic mass is 32.2. The lowest BCUT2D eigenvalue weighted by molar-refractivity contribution is -0.142. The van der Waals surface area contributed by atoms with E-state index in [0.717, 1.165) is 11.8 Å². The molecule has 0 spiro atoms. The van der Waals surface area contributed by atoms with E-state index in [0.29, 0.717) is 5.75 Å². The van der Waals surface area contributed by atoms with Gasteiger partial charge in [0.2, 0.25) is 5.12 Å². The number of hydrogen-bond donors (Lipinski definition) is 0. The van der Waals surface area contributed by atoms with E-state index in [1.165, 1.54) is 7.11 Å². The zero-order valence-corrected chi connectivity index (χ0v) is 7.72. The maximum absolute atomic E-state index is 11.1. The molecule has 2 unspecified atom stereocenters. The molecule has 0 aliphatic carbocycles. The minimum absolute atomic E-state index is 0.0899. The van der Waals surface area contributed by atoms with Gasteiger partial charge in [0.1, 0.15) is 0 Å². The van der Waals surface area contributed by atoms with Crippen molar-refractivity contribution in [3.05, 3.63) is 0 Å². The number of thioether (sulfide) groups is 1. The normalized spacial score (nSPS) is 26.5. The molecular weight excluding hydrogens is 180 g/mol. The van der Waals surface area contributed by atoms with Crippen LogP contribution in [0.1, 0.15) is 6.92 Å². The fourth-order valence-electron chi connectivity index (χ4n) is 0.811. The standard InChI is InChI=1S/C7H10O4S/c1-3-12-7(9)5-4(11-5)6(8)10-2/h4-5H,3H2,1-2H3. The van der Waals surface area contributed by atoms with E-state index in [4.69, 9.17) is 4.74 Å². The Morgan fingerprint density at radius 3 is 2.67 bits per heavy atom. The van der Waals surface area contributed by atoms with Crippen molar-refractivity contribution in [2.75, 3.05) is 12.9 Å². The first-order chi connectivity index (χ1) is 5.70. The minimum Gasteiger partial charge on any atom is -0.467 e. The summed E-state index contributed by atoms with van der Waals surface area (Å²) in [6.07, 6.45) is -1.22. The first kappa shape index (κ1) is 9.54. The van der Waals surface area contributed by atoms with Gasteiger partial charge in [-0.3, -0.25) is 4.79 Å². The van der Waals surface area contributed by atoms with E-state index >= 15 is 0 Å². The van der Waals surface area contributed by atoms with Crippen molar-refractivity contribution < 1.29 is 19.1 Å². The molecule has 1 aliphatic rings. The van der Waals surface area contributed by atoms with E-state index in [1.54, 1.807) is 0 Å². The molecule has 68 valence electrons. The number of carbonyl (C=O) groups is 2. The second-order valence-electron chi connectivity index (χ2n) is 2.25. The zero-order valence-electron chi connectivity index (χ0n) is 6.90. The predicted octanol–water partition coefficient (Wildman–Crippen LogP) is 0.206. The molecule has 2 atom stereocenters. The summed E-state index contributed by atoms with van der Waals surface area (Å²) in [5.74, 6) is 0.233. The zero-order chi connectivity index (χ0) is 9.14. The van der Waals surface area contributed by atoms with Crippen LogP contribution in [-0.4, -0.2) is 36.2 Å². The fraction of sp³-hybridized carbons (Fsp3) is 0.714. The summed E-state index contributed by atoms with van der Waals surface area (Å²) in [7, 11) is 1.28. The SMILES string of the molecule is CCSC(=O)C1OC1C(=O)OC. The topological polar surface area (TPSA) is 55.9 Å². The van der Waals surface area contributed by atoms with Crippen molar-refractivity contribution in [3.63, 3.8) is 0 Å². The lowest BCUT2D eigenvalue weighted by Gasteiger charge is -1.92.